The first kappa shape index (κ1) is 15.9. The number of rotatable bonds is 7. The van der Waals surface area contributed by atoms with Gasteiger partial charge in [-0.25, -0.2) is 0 Å². The van der Waals surface area contributed by atoms with E-state index in [4.69, 9.17) is 22.7 Å². The molecule has 0 fully saturated rings. The molecule has 19 heavy (non-hydrogen) atoms. The molecule has 1 aromatic carbocycles. The third kappa shape index (κ3) is 5.57. The highest BCUT2D eigenvalue weighted by Gasteiger charge is 2.08. The summed E-state index contributed by atoms with van der Waals surface area (Å²) in [6.45, 7) is 0.616. The van der Waals surface area contributed by atoms with E-state index in [9.17, 15) is 4.79 Å². The fraction of sp³-hybridized carbons (Fsp3) is 0.385. The molecule has 6 heteroatoms. The Balaban J connectivity index is 2.41. The van der Waals surface area contributed by atoms with Gasteiger partial charge in [0.15, 0.2) is 0 Å². The summed E-state index contributed by atoms with van der Waals surface area (Å²) in [5.74, 6) is 0.603. The maximum atomic E-state index is 11.9. The lowest BCUT2D eigenvalue weighted by molar-refractivity contribution is 0.0953. The Bertz CT molecular complexity index is 466. The van der Waals surface area contributed by atoms with E-state index in [0.717, 1.165) is 23.7 Å². The first-order valence-electron chi connectivity index (χ1n) is 5.94. The molecule has 4 nitrogen and oxygen atoms in total. The molecule has 0 saturated carbocycles. The zero-order valence-electron chi connectivity index (χ0n) is 10.7. The van der Waals surface area contributed by atoms with Crippen molar-refractivity contribution in [2.75, 3.05) is 13.7 Å². The maximum absolute atomic E-state index is 11.9. The van der Waals surface area contributed by atoms with Gasteiger partial charge in [0.1, 0.15) is 5.75 Å². The van der Waals surface area contributed by atoms with Crippen LogP contribution in [0.4, 0.5) is 0 Å². The van der Waals surface area contributed by atoms with E-state index >= 15 is 0 Å². The van der Waals surface area contributed by atoms with Crippen molar-refractivity contribution in [3.05, 3.63) is 28.2 Å². The van der Waals surface area contributed by atoms with Gasteiger partial charge < -0.3 is 15.8 Å². The van der Waals surface area contributed by atoms with Crippen molar-refractivity contribution < 1.29 is 9.53 Å². The van der Waals surface area contributed by atoms with Crippen LogP contribution in [0, 0.1) is 0 Å². The lowest BCUT2D eigenvalue weighted by Gasteiger charge is -2.07. The van der Waals surface area contributed by atoms with Crippen LogP contribution in [0.1, 0.15) is 29.6 Å². The number of unbranched alkanes of at least 4 members (excludes halogenated alkanes) is 1. The van der Waals surface area contributed by atoms with Crippen molar-refractivity contribution in [2.24, 2.45) is 5.73 Å². The number of thiocarbonyl (C=S) groups is 1. The second kappa shape index (κ2) is 8.12. The molecule has 0 atom stereocenters. The van der Waals surface area contributed by atoms with E-state index in [0.29, 0.717) is 22.8 Å². The molecule has 1 aromatic rings. The van der Waals surface area contributed by atoms with Crippen molar-refractivity contribution in [3.8, 4) is 5.75 Å². The van der Waals surface area contributed by atoms with E-state index in [1.54, 1.807) is 25.3 Å². The SMILES string of the molecule is COc1ccc(C(=O)NCCCCC(N)=S)cc1Br. The molecular formula is C13H17BrN2O2S. The van der Waals surface area contributed by atoms with Crippen LogP contribution in [0.2, 0.25) is 0 Å². The molecule has 0 bridgehead atoms. The summed E-state index contributed by atoms with van der Waals surface area (Å²) in [6.07, 6.45) is 2.47. The minimum absolute atomic E-state index is 0.0984. The third-order valence-electron chi connectivity index (χ3n) is 2.55. The van der Waals surface area contributed by atoms with Crippen LogP contribution in [0.3, 0.4) is 0 Å². The highest BCUT2D eigenvalue weighted by molar-refractivity contribution is 9.10. The highest BCUT2D eigenvalue weighted by atomic mass is 79.9. The average Bonchev–Trinajstić information content (AvgIpc) is 2.37. The Labute approximate surface area is 126 Å². The lowest BCUT2D eigenvalue weighted by Crippen LogP contribution is -2.24. The Morgan fingerprint density at radius 3 is 2.79 bits per heavy atom. The summed E-state index contributed by atoms with van der Waals surface area (Å²) in [4.78, 5) is 12.4. The summed E-state index contributed by atoms with van der Waals surface area (Å²) in [7, 11) is 1.59. The highest BCUT2D eigenvalue weighted by Crippen LogP contribution is 2.25. The molecule has 0 aliphatic rings. The monoisotopic (exact) mass is 344 g/mol. The van der Waals surface area contributed by atoms with Gasteiger partial charge in [-0.2, -0.15) is 0 Å². The molecule has 1 rings (SSSR count). The van der Waals surface area contributed by atoms with Crippen LogP contribution in [-0.2, 0) is 0 Å². The number of carbonyl (C=O) groups excluding carboxylic acids is 1. The molecule has 0 aliphatic carbocycles. The van der Waals surface area contributed by atoms with E-state index in [2.05, 4.69) is 21.2 Å². The van der Waals surface area contributed by atoms with Crippen LogP contribution < -0.4 is 15.8 Å². The summed E-state index contributed by atoms with van der Waals surface area (Å²) in [6, 6.07) is 5.23. The van der Waals surface area contributed by atoms with E-state index in [1.165, 1.54) is 0 Å². The zero-order chi connectivity index (χ0) is 14.3. The normalized spacial score (nSPS) is 10.0. The maximum Gasteiger partial charge on any atom is 0.251 e. The number of hydrogen-bond acceptors (Lipinski definition) is 3. The quantitative estimate of drug-likeness (QED) is 0.589. The molecule has 0 aromatic heterocycles. The molecule has 1 amide bonds. The summed E-state index contributed by atoms with van der Waals surface area (Å²) in [5.41, 5.74) is 6.00. The lowest BCUT2D eigenvalue weighted by atomic mass is 10.2. The molecule has 0 spiro atoms. The third-order valence-corrected chi connectivity index (χ3v) is 3.37. The molecule has 0 radical (unpaired) electrons. The van der Waals surface area contributed by atoms with Crippen molar-refractivity contribution in [2.45, 2.75) is 19.3 Å². The summed E-state index contributed by atoms with van der Waals surface area (Å²) >= 11 is 8.14. The van der Waals surface area contributed by atoms with Gasteiger partial charge in [-0.05, 0) is 53.4 Å². The topological polar surface area (TPSA) is 64.3 Å². The number of ether oxygens (including phenoxy) is 1. The van der Waals surface area contributed by atoms with Crippen molar-refractivity contribution in [3.63, 3.8) is 0 Å². The van der Waals surface area contributed by atoms with Crippen LogP contribution in [0.5, 0.6) is 5.75 Å². The first-order valence-corrected chi connectivity index (χ1v) is 7.14. The van der Waals surface area contributed by atoms with Gasteiger partial charge in [0.05, 0.1) is 16.6 Å². The van der Waals surface area contributed by atoms with Gasteiger partial charge in [0.2, 0.25) is 0 Å². The molecule has 104 valence electrons. The Morgan fingerprint density at radius 2 is 2.21 bits per heavy atom. The van der Waals surface area contributed by atoms with Crippen LogP contribution in [0.25, 0.3) is 0 Å². The molecule has 0 saturated heterocycles. The largest absolute Gasteiger partial charge is 0.496 e. The fourth-order valence-corrected chi connectivity index (χ4v) is 2.22. The standard InChI is InChI=1S/C13H17BrN2O2S/c1-18-11-6-5-9(8-10(11)14)13(17)16-7-3-2-4-12(15)19/h5-6,8H,2-4,7H2,1H3,(H2,15,19)(H,16,17). The number of nitrogens with one attached hydrogen (secondary N) is 1. The Morgan fingerprint density at radius 1 is 1.47 bits per heavy atom. The Hall–Kier alpha value is -1.14. The van der Waals surface area contributed by atoms with E-state index in [-0.39, 0.29) is 5.91 Å². The fourth-order valence-electron chi connectivity index (χ4n) is 1.54. The molecule has 0 aliphatic heterocycles. The summed E-state index contributed by atoms with van der Waals surface area (Å²) in [5, 5.41) is 2.85. The number of methoxy groups -OCH3 is 1. The number of nitrogens with two attached hydrogens (primary N) is 1. The number of hydrogen-bond donors (Lipinski definition) is 2. The van der Waals surface area contributed by atoms with Crippen molar-refractivity contribution in [1.29, 1.82) is 0 Å². The van der Waals surface area contributed by atoms with Gasteiger partial charge >= 0.3 is 0 Å². The minimum Gasteiger partial charge on any atom is -0.496 e. The molecule has 0 unspecified atom stereocenters. The Kier molecular flexibility index (Phi) is 6.80. The predicted octanol–water partition coefficient (Wildman–Crippen LogP) is 2.64. The van der Waals surface area contributed by atoms with Crippen molar-refractivity contribution in [1.82, 2.24) is 5.32 Å². The van der Waals surface area contributed by atoms with Crippen LogP contribution in [0.15, 0.2) is 22.7 Å². The minimum atomic E-state index is -0.0984. The average molecular weight is 345 g/mol. The van der Waals surface area contributed by atoms with Gasteiger partial charge in [0, 0.05) is 12.1 Å². The van der Waals surface area contributed by atoms with E-state index < -0.39 is 0 Å². The second-order valence-electron chi connectivity index (χ2n) is 4.03. The number of benzene rings is 1. The smallest absolute Gasteiger partial charge is 0.251 e. The zero-order valence-corrected chi connectivity index (χ0v) is 13.1. The molecule has 0 heterocycles. The number of halogens is 1. The second-order valence-corrected chi connectivity index (χ2v) is 5.41. The van der Waals surface area contributed by atoms with Gasteiger partial charge in [0.25, 0.3) is 5.91 Å². The van der Waals surface area contributed by atoms with Crippen LogP contribution >= 0.6 is 28.1 Å². The van der Waals surface area contributed by atoms with Gasteiger partial charge in [-0.3, -0.25) is 4.79 Å². The number of amides is 1. The summed E-state index contributed by atoms with van der Waals surface area (Å²) < 4.78 is 5.87. The van der Waals surface area contributed by atoms with Gasteiger partial charge in [-0.1, -0.05) is 12.2 Å². The van der Waals surface area contributed by atoms with Gasteiger partial charge in [-0.15, -0.1) is 0 Å². The van der Waals surface area contributed by atoms with Crippen molar-refractivity contribution >= 4 is 39.0 Å². The van der Waals surface area contributed by atoms with Crippen LogP contribution in [-0.4, -0.2) is 24.6 Å². The first-order chi connectivity index (χ1) is 9.04. The molecule has 3 N–H and O–H groups in total. The predicted molar refractivity (Wildman–Crippen MR) is 83.7 cm³/mol. The van der Waals surface area contributed by atoms with E-state index in [1.807, 2.05) is 0 Å². The number of carbonyl (C=O) groups is 1. The molecular weight excluding hydrogens is 328 g/mol.